The van der Waals surface area contributed by atoms with Crippen LogP contribution in [0.4, 0.5) is 5.69 Å². The van der Waals surface area contributed by atoms with E-state index in [4.69, 9.17) is 20.3 Å². The molecular weight excluding hydrogens is 532 g/mol. The summed E-state index contributed by atoms with van der Waals surface area (Å²) in [5.74, 6) is 5.48. The van der Waals surface area contributed by atoms with Crippen molar-refractivity contribution in [1.82, 2.24) is 0 Å². The Kier molecular flexibility index (Phi) is 12.5. The summed E-state index contributed by atoms with van der Waals surface area (Å²) in [4.78, 5) is 19.4. The number of ether oxygens (including phenoxy) is 2. The van der Waals surface area contributed by atoms with Crippen LogP contribution < -0.4 is 10.8 Å². The van der Waals surface area contributed by atoms with Crippen LogP contribution in [-0.4, -0.2) is 31.4 Å². The maximum atomic E-state index is 10.8. The first-order valence-corrected chi connectivity index (χ1v) is 14.3. The van der Waals surface area contributed by atoms with E-state index in [1.54, 1.807) is 12.1 Å². The third-order valence-electron chi connectivity index (χ3n) is 6.94. The van der Waals surface area contributed by atoms with E-state index in [0.29, 0.717) is 25.6 Å². The fourth-order valence-corrected chi connectivity index (χ4v) is 4.61. The van der Waals surface area contributed by atoms with Crippen LogP contribution in [0.3, 0.4) is 0 Å². The molecule has 0 radical (unpaired) electrons. The maximum Gasteiger partial charge on any atom is 0.269 e. The summed E-state index contributed by atoms with van der Waals surface area (Å²) < 4.78 is 11.6. The molecule has 0 atom stereocenters. The van der Waals surface area contributed by atoms with Crippen LogP contribution in [-0.2, 0) is 40.1 Å². The van der Waals surface area contributed by atoms with Gasteiger partial charge in [0.1, 0.15) is 0 Å². The van der Waals surface area contributed by atoms with E-state index < -0.39 is 0 Å². The molecule has 0 aliphatic carbocycles. The standard InChI is InChI=1S/C34H38N2O6/c35-42-41-34-18-14-32(15-19-34)26-30-10-6-28(7-11-30)20-24-40-23-2-22-39-21-1-3-27-4-8-29(9-5-27)25-31-12-16-33(17-13-31)36(37)38/h4-19H,1-3,20-26,35H2. The minimum absolute atomic E-state index is 0.119. The van der Waals surface area contributed by atoms with Crippen LogP contribution in [0.25, 0.3) is 0 Å². The molecule has 0 saturated heterocycles. The Morgan fingerprint density at radius 2 is 0.976 bits per heavy atom. The van der Waals surface area contributed by atoms with Gasteiger partial charge in [0, 0.05) is 32.0 Å². The van der Waals surface area contributed by atoms with Gasteiger partial charge in [-0.1, -0.05) is 77.8 Å². The first-order valence-electron chi connectivity index (χ1n) is 14.3. The lowest BCUT2D eigenvalue weighted by molar-refractivity contribution is -0.384. The Morgan fingerprint density at radius 1 is 0.548 bits per heavy atom. The minimum Gasteiger partial charge on any atom is -0.381 e. The molecule has 42 heavy (non-hydrogen) atoms. The molecule has 0 amide bonds. The van der Waals surface area contributed by atoms with Gasteiger partial charge in [0.15, 0.2) is 5.75 Å². The number of hydrogen-bond acceptors (Lipinski definition) is 7. The zero-order valence-electron chi connectivity index (χ0n) is 23.8. The predicted molar refractivity (Wildman–Crippen MR) is 162 cm³/mol. The van der Waals surface area contributed by atoms with E-state index in [0.717, 1.165) is 50.7 Å². The normalized spacial score (nSPS) is 11.0. The van der Waals surface area contributed by atoms with Gasteiger partial charge in [-0.15, -0.1) is 0 Å². The predicted octanol–water partition coefficient (Wildman–Crippen LogP) is 6.56. The Labute approximate surface area is 247 Å². The van der Waals surface area contributed by atoms with Crippen LogP contribution in [0.1, 0.15) is 46.2 Å². The van der Waals surface area contributed by atoms with Crippen molar-refractivity contribution < 1.29 is 24.3 Å². The van der Waals surface area contributed by atoms with Gasteiger partial charge in [0.2, 0.25) is 0 Å². The number of nitrogens with two attached hydrogens (primary N) is 1. The Bertz CT molecular complexity index is 1340. The summed E-state index contributed by atoms with van der Waals surface area (Å²) in [5.41, 5.74) is 7.35. The van der Waals surface area contributed by atoms with Crippen LogP contribution in [0.5, 0.6) is 5.75 Å². The maximum absolute atomic E-state index is 10.8. The molecule has 0 aliphatic rings. The van der Waals surface area contributed by atoms with Crippen molar-refractivity contribution in [2.75, 3.05) is 26.4 Å². The Balaban J connectivity index is 1.01. The largest absolute Gasteiger partial charge is 0.381 e. The smallest absolute Gasteiger partial charge is 0.269 e. The molecule has 0 aliphatic heterocycles. The first-order chi connectivity index (χ1) is 20.6. The van der Waals surface area contributed by atoms with Crippen molar-refractivity contribution in [2.45, 2.75) is 38.5 Å². The number of nitro benzene ring substituents is 1. The lowest BCUT2D eigenvalue weighted by Gasteiger charge is -2.08. The highest BCUT2D eigenvalue weighted by Gasteiger charge is 2.05. The molecule has 0 bridgehead atoms. The van der Waals surface area contributed by atoms with Gasteiger partial charge in [-0.3, -0.25) is 10.1 Å². The highest BCUT2D eigenvalue weighted by atomic mass is 17.3. The van der Waals surface area contributed by atoms with Crippen molar-refractivity contribution >= 4 is 5.69 Å². The summed E-state index contributed by atoms with van der Waals surface area (Å²) >= 11 is 0. The second-order valence-electron chi connectivity index (χ2n) is 10.2. The van der Waals surface area contributed by atoms with E-state index in [2.05, 4.69) is 53.5 Å². The molecule has 8 heteroatoms. The quantitative estimate of drug-likeness (QED) is 0.0625. The van der Waals surface area contributed by atoms with Crippen LogP contribution in [0.15, 0.2) is 97.1 Å². The highest BCUT2D eigenvalue weighted by molar-refractivity contribution is 5.36. The molecule has 0 fully saturated rings. The molecule has 0 saturated carbocycles. The number of non-ortho nitro benzene ring substituents is 1. The van der Waals surface area contributed by atoms with Gasteiger partial charge in [0.25, 0.3) is 5.69 Å². The monoisotopic (exact) mass is 570 g/mol. The topological polar surface area (TPSA) is 106 Å². The van der Waals surface area contributed by atoms with E-state index >= 15 is 0 Å². The van der Waals surface area contributed by atoms with E-state index in [-0.39, 0.29) is 10.6 Å². The second kappa shape index (κ2) is 17.0. The lowest BCUT2D eigenvalue weighted by atomic mass is 10.0. The van der Waals surface area contributed by atoms with Gasteiger partial charge >= 0.3 is 0 Å². The van der Waals surface area contributed by atoms with Crippen LogP contribution >= 0.6 is 0 Å². The third-order valence-corrected chi connectivity index (χ3v) is 6.94. The molecule has 4 aromatic rings. The number of hydrogen-bond donors (Lipinski definition) is 1. The zero-order chi connectivity index (χ0) is 29.4. The average Bonchev–Trinajstić information content (AvgIpc) is 3.01. The van der Waals surface area contributed by atoms with Gasteiger partial charge in [0.05, 0.1) is 11.5 Å². The zero-order valence-corrected chi connectivity index (χ0v) is 23.8. The third kappa shape index (κ3) is 10.7. The molecule has 0 unspecified atom stereocenters. The van der Waals surface area contributed by atoms with Gasteiger partial charge < -0.3 is 14.4 Å². The van der Waals surface area contributed by atoms with Gasteiger partial charge in [-0.25, -0.2) is 0 Å². The first kappa shape index (κ1) is 30.9. The Hall–Kier alpha value is -4.08. The number of nitrogens with zero attached hydrogens (tertiary/aromatic N) is 1. The Morgan fingerprint density at radius 3 is 1.50 bits per heavy atom. The SMILES string of the molecule is NOOc1ccc(Cc2ccc(CCOCCCOCCCc3ccc(Cc4ccc([N+](=O)[O-])cc4)cc3)cc2)cc1. The molecule has 220 valence electrons. The number of benzene rings is 4. The van der Waals surface area contributed by atoms with E-state index in [9.17, 15) is 10.1 Å². The molecule has 4 rings (SSSR count). The number of rotatable bonds is 18. The second-order valence-corrected chi connectivity index (χ2v) is 10.2. The van der Waals surface area contributed by atoms with E-state index in [1.807, 2.05) is 36.4 Å². The summed E-state index contributed by atoms with van der Waals surface area (Å²) in [6, 6.07) is 31.6. The fourth-order valence-electron chi connectivity index (χ4n) is 4.61. The number of nitro groups is 1. The van der Waals surface area contributed by atoms with Crippen molar-refractivity contribution in [2.24, 2.45) is 5.90 Å². The van der Waals surface area contributed by atoms with Crippen molar-refractivity contribution in [3.8, 4) is 5.75 Å². The van der Waals surface area contributed by atoms with Crippen molar-refractivity contribution in [1.29, 1.82) is 0 Å². The van der Waals surface area contributed by atoms with E-state index in [1.165, 1.54) is 27.8 Å². The fraction of sp³-hybridized carbons (Fsp3) is 0.294. The highest BCUT2D eigenvalue weighted by Crippen LogP contribution is 2.17. The van der Waals surface area contributed by atoms with Gasteiger partial charge in [-0.2, -0.15) is 5.90 Å². The summed E-state index contributed by atoms with van der Waals surface area (Å²) in [6.45, 7) is 2.83. The molecule has 8 nitrogen and oxygen atoms in total. The van der Waals surface area contributed by atoms with Gasteiger partial charge in [-0.05, 0) is 84.0 Å². The minimum atomic E-state index is -0.375. The molecule has 4 aromatic carbocycles. The lowest BCUT2D eigenvalue weighted by Crippen LogP contribution is -2.05. The van der Waals surface area contributed by atoms with Crippen LogP contribution in [0, 0.1) is 10.1 Å². The summed E-state index contributed by atoms with van der Waals surface area (Å²) in [6.07, 6.45) is 5.32. The van der Waals surface area contributed by atoms with Crippen LogP contribution in [0.2, 0.25) is 0 Å². The molecule has 0 aromatic heterocycles. The molecule has 0 spiro atoms. The number of aryl methyl sites for hydroxylation is 1. The van der Waals surface area contributed by atoms with Crippen molar-refractivity contribution in [3.05, 3.63) is 141 Å². The molecule has 0 heterocycles. The summed E-state index contributed by atoms with van der Waals surface area (Å²) in [5, 5.41) is 10.8. The molecule has 2 N–H and O–H groups in total. The molecular formula is C34H38N2O6. The average molecular weight is 571 g/mol. The summed E-state index contributed by atoms with van der Waals surface area (Å²) in [7, 11) is 0. The van der Waals surface area contributed by atoms with Crippen molar-refractivity contribution in [3.63, 3.8) is 0 Å².